The van der Waals surface area contributed by atoms with E-state index in [-0.39, 0.29) is 48.4 Å². The molecule has 2 aromatic rings. The maximum atomic E-state index is 12.9. The lowest BCUT2D eigenvalue weighted by Gasteiger charge is -2.34. The van der Waals surface area contributed by atoms with Gasteiger partial charge in [-0.3, -0.25) is 9.69 Å². The molecule has 0 bridgehead atoms. The summed E-state index contributed by atoms with van der Waals surface area (Å²) >= 11 is 0. The summed E-state index contributed by atoms with van der Waals surface area (Å²) < 4.78 is 62.1. The van der Waals surface area contributed by atoms with E-state index in [0.717, 1.165) is 5.56 Å². The van der Waals surface area contributed by atoms with Crippen LogP contribution < -0.4 is 10.1 Å². The summed E-state index contributed by atoms with van der Waals surface area (Å²) in [7, 11) is -1.94. The van der Waals surface area contributed by atoms with Crippen LogP contribution in [0.2, 0.25) is 0 Å². The number of halogens is 2. The van der Waals surface area contributed by atoms with Crippen molar-refractivity contribution in [2.45, 2.75) is 44.1 Å². The van der Waals surface area contributed by atoms with Gasteiger partial charge in [0.2, 0.25) is 15.9 Å². The van der Waals surface area contributed by atoms with Gasteiger partial charge in [0.1, 0.15) is 5.75 Å². The van der Waals surface area contributed by atoms with Crippen molar-refractivity contribution in [3.8, 4) is 5.75 Å². The minimum Gasteiger partial charge on any atom is -0.435 e. The predicted octanol–water partition coefficient (Wildman–Crippen LogP) is 3.16. The Kier molecular flexibility index (Phi) is 8.58. The Hall–Kier alpha value is -2.60. The summed E-state index contributed by atoms with van der Waals surface area (Å²) in [6, 6.07) is 12.3. The zero-order valence-electron chi connectivity index (χ0n) is 19.3. The number of nitrogens with one attached hydrogen (secondary N) is 1. The minimum atomic E-state index is -3.66. The zero-order chi connectivity index (χ0) is 24.9. The van der Waals surface area contributed by atoms with Crippen LogP contribution in [-0.2, 0) is 26.1 Å². The number of likely N-dealkylation sites (N-methyl/N-ethyl adjacent to an activating group) is 1. The molecule has 1 fully saturated rings. The maximum absolute atomic E-state index is 12.9. The molecule has 3 rings (SSSR count). The van der Waals surface area contributed by atoms with Gasteiger partial charge in [-0.05, 0) is 62.9 Å². The second-order valence-corrected chi connectivity index (χ2v) is 10.3. The van der Waals surface area contributed by atoms with E-state index in [2.05, 4.69) is 10.1 Å². The average Bonchev–Trinajstić information content (AvgIpc) is 2.73. The van der Waals surface area contributed by atoms with Crippen molar-refractivity contribution in [2.75, 3.05) is 32.0 Å². The third kappa shape index (κ3) is 7.20. The lowest BCUT2D eigenvalue weighted by molar-refractivity contribution is -0.117. The number of amides is 1. The Morgan fingerprint density at radius 1 is 1.18 bits per heavy atom. The van der Waals surface area contributed by atoms with Crippen LogP contribution in [0.3, 0.4) is 0 Å². The number of carbonyl (C=O) groups is 1. The molecule has 1 heterocycles. The summed E-state index contributed by atoms with van der Waals surface area (Å²) in [5.74, 6) is -0.240. The molecular formula is C23H29F2N3O5S. The van der Waals surface area contributed by atoms with Crippen LogP contribution in [0.25, 0.3) is 0 Å². The minimum absolute atomic E-state index is 0.0452. The van der Waals surface area contributed by atoms with E-state index in [9.17, 15) is 22.0 Å². The van der Waals surface area contributed by atoms with E-state index in [0.29, 0.717) is 12.2 Å². The fourth-order valence-corrected chi connectivity index (χ4v) is 5.41. The van der Waals surface area contributed by atoms with Gasteiger partial charge in [0.25, 0.3) is 0 Å². The van der Waals surface area contributed by atoms with Gasteiger partial charge < -0.3 is 14.8 Å². The molecule has 0 saturated carbocycles. The number of anilines is 1. The highest BCUT2D eigenvalue weighted by atomic mass is 32.2. The summed E-state index contributed by atoms with van der Waals surface area (Å²) in [5.41, 5.74) is 1.18. The fraction of sp³-hybridized carbons (Fsp3) is 0.435. The Labute approximate surface area is 198 Å². The number of sulfonamides is 1. The number of carbonyl (C=O) groups excluding carboxylic acids is 1. The predicted molar refractivity (Wildman–Crippen MR) is 123 cm³/mol. The summed E-state index contributed by atoms with van der Waals surface area (Å²) in [6.07, 6.45) is -0.373. The molecule has 0 aromatic heterocycles. The molecule has 2 unspecified atom stereocenters. The normalized spacial score (nSPS) is 19.4. The molecule has 1 aliphatic rings. The number of benzene rings is 2. The van der Waals surface area contributed by atoms with E-state index in [1.807, 2.05) is 13.8 Å². The van der Waals surface area contributed by atoms with Crippen LogP contribution >= 0.6 is 0 Å². The summed E-state index contributed by atoms with van der Waals surface area (Å²) in [4.78, 5) is 14.3. The van der Waals surface area contributed by atoms with Gasteiger partial charge in [-0.1, -0.05) is 12.1 Å². The summed E-state index contributed by atoms with van der Waals surface area (Å²) in [6.45, 7) is 1.73. The van der Waals surface area contributed by atoms with Gasteiger partial charge in [-0.15, -0.1) is 0 Å². The highest BCUT2D eigenvalue weighted by Gasteiger charge is 2.32. The van der Waals surface area contributed by atoms with Crippen molar-refractivity contribution in [1.82, 2.24) is 9.21 Å². The van der Waals surface area contributed by atoms with Crippen molar-refractivity contribution in [1.29, 1.82) is 0 Å². The Balaban J connectivity index is 1.55. The number of hydrogen-bond donors (Lipinski definition) is 1. The van der Waals surface area contributed by atoms with Gasteiger partial charge in [0.05, 0.1) is 23.6 Å². The third-order valence-corrected chi connectivity index (χ3v) is 7.00. The Morgan fingerprint density at radius 3 is 2.44 bits per heavy atom. The van der Waals surface area contributed by atoms with Crippen LogP contribution in [0.4, 0.5) is 14.5 Å². The molecule has 0 aliphatic carbocycles. The number of hydrogen-bond acceptors (Lipinski definition) is 6. The SMILES string of the molecule is CC1CN(S(=O)(=O)c2ccc(NC(=O)CN(C)Cc3cccc(OC(F)F)c3)cc2)CC(C)O1. The first-order valence-electron chi connectivity index (χ1n) is 10.8. The van der Waals surface area contributed by atoms with E-state index >= 15 is 0 Å². The van der Waals surface area contributed by atoms with Crippen LogP contribution in [0.1, 0.15) is 19.4 Å². The van der Waals surface area contributed by atoms with Crippen LogP contribution in [0, 0.1) is 0 Å². The highest BCUT2D eigenvalue weighted by Crippen LogP contribution is 2.22. The van der Waals surface area contributed by atoms with Crippen LogP contribution in [0.5, 0.6) is 5.75 Å². The van der Waals surface area contributed by atoms with E-state index < -0.39 is 16.6 Å². The first-order valence-corrected chi connectivity index (χ1v) is 12.2. The fourth-order valence-electron chi connectivity index (χ4n) is 3.82. The standard InChI is InChI=1S/C23H29F2N3O5S/c1-16-12-28(13-17(2)32-16)34(30,31)21-9-7-19(8-10-21)26-22(29)15-27(3)14-18-5-4-6-20(11-18)33-23(24)25/h4-11,16-17,23H,12-15H2,1-3H3,(H,26,29). The third-order valence-electron chi connectivity index (χ3n) is 5.15. The molecule has 186 valence electrons. The molecule has 11 heteroatoms. The van der Waals surface area contributed by atoms with Crippen molar-refractivity contribution >= 4 is 21.6 Å². The first-order chi connectivity index (χ1) is 16.0. The molecule has 0 radical (unpaired) electrons. The second-order valence-electron chi connectivity index (χ2n) is 8.35. The number of morpholine rings is 1. The van der Waals surface area contributed by atoms with Gasteiger partial charge >= 0.3 is 6.61 Å². The first kappa shape index (κ1) is 26.0. The smallest absolute Gasteiger partial charge is 0.387 e. The Morgan fingerprint density at radius 2 is 1.82 bits per heavy atom. The van der Waals surface area contributed by atoms with Crippen molar-refractivity contribution < 1.29 is 31.5 Å². The molecule has 1 aliphatic heterocycles. The molecule has 2 atom stereocenters. The van der Waals surface area contributed by atoms with Crippen LogP contribution in [0.15, 0.2) is 53.4 Å². The molecule has 2 aromatic carbocycles. The van der Waals surface area contributed by atoms with Crippen molar-refractivity contribution in [3.05, 3.63) is 54.1 Å². The van der Waals surface area contributed by atoms with Crippen molar-refractivity contribution in [2.24, 2.45) is 0 Å². The second kappa shape index (κ2) is 11.2. The molecule has 1 N–H and O–H groups in total. The Bertz CT molecular complexity index is 1070. The van der Waals surface area contributed by atoms with Gasteiger partial charge in [0.15, 0.2) is 0 Å². The highest BCUT2D eigenvalue weighted by molar-refractivity contribution is 7.89. The number of alkyl halides is 2. The molecule has 0 spiro atoms. The topological polar surface area (TPSA) is 88.2 Å². The quantitative estimate of drug-likeness (QED) is 0.573. The van der Waals surface area contributed by atoms with E-state index in [1.165, 1.54) is 28.6 Å². The molecule has 8 nitrogen and oxygen atoms in total. The lowest BCUT2D eigenvalue weighted by atomic mass is 10.2. The number of nitrogens with zero attached hydrogens (tertiary/aromatic N) is 2. The zero-order valence-corrected chi connectivity index (χ0v) is 20.1. The van der Waals surface area contributed by atoms with Gasteiger partial charge in [-0.2, -0.15) is 13.1 Å². The van der Waals surface area contributed by atoms with E-state index in [1.54, 1.807) is 36.2 Å². The summed E-state index contributed by atoms with van der Waals surface area (Å²) in [5, 5.41) is 2.74. The van der Waals surface area contributed by atoms with Crippen LogP contribution in [-0.4, -0.2) is 69.0 Å². The largest absolute Gasteiger partial charge is 0.435 e. The van der Waals surface area contributed by atoms with Gasteiger partial charge in [0, 0.05) is 25.3 Å². The molecular weight excluding hydrogens is 468 g/mol. The molecule has 1 saturated heterocycles. The maximum Gasteiger partial charge on any atom is 0.387 e. The molecule has 1 amide bonds. The van der Waals surface area contributed by atoms with Crippen molar-refractivity contribution in [3.63, 3.8) is 0 Å². The van der Waals surface area contributed by atoms with Gasteiger partial charge in [-0.25, -0.2) is 8.42 Å². The van der Waals surface area contributed by atoms with E-state index in [4.69, 9.17) is 4.74 Å². The number of ether oxygens (including phenoxy) is 2. The average molecular weight is 498 g/mol. The number of rotatable bonds is 9. The monoisotopic (exact) mass is 497 g/mol. The lowest BCUT2D eigenvalue weighted by Crippen LogP contribution is -2.48. The molecule has 34 heavy (non-hydrogen) atoms.